The van der Waals surface area contributed by atoms with Crippen molar-refractivity contribution in [1.29, 1.82) is 0 Å². The topological polar surface area (TPSA) is 75.7 Å². The first-order chi connectivity index (χ1) is 20.2. The smallest absolute Gasteiger partial charge is 0.273 e. The number of aromatic nitrogens is 1. The van der Waals surface area contributed by atoms with E-state index in [0.717, 1.165) is 41.5 Å². The first-order valence-electron chi connectivity index (χ1n) is 13.9. The van der Waals surface area contributed by atoms with Crippen molar-refractivity contribution >= 4 is 46.0 Å². The monoisotopic (exact) mass is 634 g/mol. The second-order valence-electron chi connectivity index (χ2n) is 10.9. The summed E-state index contributed by atoms with van der Waals surface area (Å²) in [6.07, 6.45) is 4.12. The number of ether oxygens (including phenoxy) is 2. The predicted octanol–water partition coefficient (Wildman–Crippen LogP) is 5.77. The maximum Gasteiger partial charge on any atom is 0.273 e. The number of aryl methyl sites for hydroxylation is 1. The fraction of sp³-hybridized carbons (Fsp3) is 0.400. The van der Waals surface area contributed by atoms with Gasteiger partial charge in [0, 0.05) is 49.6 Å². The Kier molecular flexibility index (Phi) is 8.70. The Hall–Kier alpha value is -2.76. The highest BCUT2D eigenvalue weighted by molar-refractivity contribution is 7.14. The zero-order valence-corrected chi connectivity index (χ0v) is 25.2. The van der Waals surface area contributed by atoms with Gasteiger partial charge in [0.15, 0.2) is 5.75 Å². The summed E-state index contributed by atoms with van der Waals surface area (Å²) < 4.78 is 39.5. The average molecular weight is 636 g/mol. The number of piperazine rings is 1. The lowest BCUT2D eigenvalue weighted by atomic mass is 9.86. The molecular formula is C30H30Cl2F2N4O3S. The molecule has 1 amide bonds. The van der Waals surface area contributed by atoms with Gasteiger partial charge < -0.3 is 25.0 Å². The molecule has 3 aromatic rings. The number of halogens is 4. The van der Waals surface area contributed by atoms with Crippen LogP contribution in [-0.4, -0.2) is 60.2 Å². The van der Waals surface area contributed by atoms with Gasteiger partial charge in [0.25, 0.3) is 11.1 Å². The van der Waals surface area contributed by atoms with Crippen LogP contribution in [0.5, 0.6) is 10.9 Å². The Balaban J connectivity index is 1.20. The van der Waals surface area contributed by atoms with E-state index in [1.165, 1.54) is 23.5 Å². The van der Waals surface area contributed by atoms with Crippen molar-refractivity contribution in [3.05, 3.63) is 79.8 Å². The molecule has 1 saturated heterocycles. The van der Waals surface area contributed by atoms with Crippen LogP contribution in [0.1, 0.15) is 35.3 Å². The largest absolute Gasteiger partial charge is 0.487 e. The molecule has 0 radical (unpaired) electrons. The third-order valence-corrected chi connectivity index (χ3v) is 9.07. The van der Waals surface area contributed by atoms with E-state index in [-0.39, 0.29) is 43.8 Å². The Bertz CT molecular complexity index is 1490. The molecule has 42 heavy (non-hydrogen) atoms. The number of amides is 1. The van der Waals surface area contributed by atoms with E-state index in [0.29, 0.717) is 45.1 Å². The van der Waals surface area contributed by atoms with E-state index in [1.807, 2.05) is 6.92 Å². The summed E-state index contributed by atoms with van der Waals surface area (Å²) in [4.78, 5) is 21.3. The maximum atomic E-state index is 14.2. The number of benzene rings is 2. The summed E-state index contributed by atoms with van der Waals surface area (Å²) in [6.45, 7) is 3.90. The zero-order valence-electron chi connectivity index (χ0n) is 22.9. The number of hydrogen-bond acceptors (Lipinski definition) is 7. The van der Waals surface area contributed by atoms with Crippen molar-refractivity contribution < 1.29 is 23.0 Å². The fourth-order valence-electron chi connectivity index (χ4n) is 5.57. The molecular weight excluding hydrogens is 605 g/mol. The van der Waals surface area contributed by atoms with E-state index in [1.54, 1.807) is 23.2 Å². The van der Waals surface area contributed by atoms with Crippen LogP contribution in [0.4, 0.5) is 8.78 Å². The average Bonchev–Trinajstić information content (AvgIpc) is 3.66. The third-order valence-electron chi connectivity index (χ3n) is 7.53. The van der Waals surface area contributed by atoms with Gasteiger partial charge in [-0.1, -0.05) is 34.5 Å². The summed E-state index contributed by atoms with van der Waals surface area (Å²) in [7, 11) is 0. The molecule has 12 heteroatoms. The molecule has 2 bridgehead atoms. The van der Waals surface area contributed by atoms with Crippen LogP contribution < -0.4 is 20.1 Å². The molecule has 2 atom stereocenters. The Morgan fingerprint density at radius 1 is 1.07 bits per heavy atom. The summed E-state index contributed by atoms with van der Waals surface area (Å²) >= 11 is 13.9. The molecule has 3 heterocycles. The second-order valence-corrected chi connectivity index (χ2v) is 12.7. The van der Waals surface area contributed by atoms with Gasteiger partial charge in [0.1, 0.15) is 24.8 Å². The number of nitrogens with one attached hydrogen (secondary N) is 2. The van der Waals surface area contributed by atoms with Gasteiger partial charge in [-0.15, -0.1) is 0 Å². The molecule has 6 rings (SSSR count). The van der Waals surface area contributed by atoms with Crippen molar-refractivity contribution in [1.82, 2.24) is 20.5 Å². The maximum absolute atomic E-state index is 14.2. The number of nitrogens with zero attached hydrogens (tertiary/aromatic N) is 2. The van der Waals surface area contributed by atoms with Gasteiger partial charge in [-0.2, -0.15) is 0 Å². The lowest BCUT2D eigenvalue weighted by molar-refractivity contribution is -0.128. The summed E-state index contributed by atoms with van der Waals surface area (Å²) in [6, 6.07) is 7.02. The highest BCUT2D eigenvalue weighted by Crippen LogP contribution is 2.39. The Labute approximate surface area is 256 Å². The van der Waals surface area contributed by atoms with Crippen LogP contribution in [0, 0.1) is 18.6 Å². The summed E-state index contributed by atoms with van der Waals surface area (Å²) in [5.74, 6) is -1.01. The first-order valence-corrected chi connectivity index (χ1v) is 15.5. The molecule has 2 fully saturated rings. The summed E-state index contributed by atoms with van der Waals surface area (Å²) in [5, 5.41) is 8.34. The SMILES string of the molecule is Cc1cc(Cl)c(OCCOc2ncc(C3=C(C(=O)N(Cc4cc(F)cc(F)c4)C4CC4)C4CNCC(C3)N4)s2)c(Cl)c1. The van der Waals surface area contributed by atoms with Crippen LogP contribution in [0.25, 0.3) is 5.57 Å². The second kappa shape index (κ2) is 12.5. The zero-order chi connectivity index (χ0) is 29.4. The van der Waals surface area contributed by atoms with Crippen molar-refractivity contribution in [3.63, 3.8) is 0 Å². The molecule has 2 aliphatic heterocycles. The van der Waals surface area contributed by atoms with Crippen molar-refractivity contribution in [2.45, 2.75) is 50.9 Å². The van der Waals surface area contributed by atoms with Gasteiger partial charge in [0.05, 0.1) is 21.0 Å². The normalized spacial score (nSPS) is 20.0. The van der Waals surface area contributed by atoms with Crippen LogP contribution >= 0.6 is 34.5 Å². The molecule has 1 aromatic heterocycles. The molecule has 1 saturated carbocycles. The lowest BCUT2D eigenvalue weighted by Gasteiger charge is -2.40. The molecule has 2 N–H and O–H groups in total. The number of rotatable bonds is 10. The van der Waals surface area contributed by atoms with Crippen molar-refractivity contribution in [2.75, 3.05) is 26.3 Å². The van der Waals surface area contributed by atoms with Gasteiger partial charge >= 0.3 is 0 Å². The fourth-order valence-corrected chi connectivity index (χ4v) is 7.13. The quantitative estimate of drug-likeness (QED) is 0.276. The number of carbonyl (C=O) groups excluding carboxylic acids is 1. The third kappa shape index (κ3) is 6.58. The molecule has 2 aromatic carbocycles. The summed E-state index contributed by atoms with van der Waals surface area (Å²) in [5.41, 5.74) is 2.98. The van der Waals surface area contributed by atoms with E-state index in [2.05, 4.69) is 15.6 Å². The van der Waals surface area contributed by atoms with Gasteiger partial charge in [-0.05, 0) is 67.2 Å². The molecule has 7 nitrogen and oxygen atoms in total. The van der Waals surface area contributed by atoms with Crippen LogP contribution in [0.2, 0.25) is 10.0 Å². The van der Waals surface area contributed by atoms with E-state index >= 15 is 0 Å². The molecule has 1 aliphatic carbocycles. The number of carbonyl (C=O) groups is 1. The highest BCUT2D eigenvalue weighted by atomic mass is 35.5. The number of thiazole rings is 1. The van der Waals surface area contributed by atoms with E-state index in [9.17, 15) is 13.6 Å². The Morgan fingerprint density at radius 2 is 1.79 bits per heavy atom. The molecule has 3 aliphatic rings. The van der Waals surface area contributed by atoms with Crippen molar-refractivity contribution in [3.8, 4) is 10.9 Å². The molecule has 222 valence electrons. The predicted molar refractivity (Wildman–Crippen MR) is 159 cm³/mol. The van der Waals surface area contributed by atoms with Crippen LogP contribution in [-0.2, 0) is 11.3 Å². The molecule has 2 unspecified atom stereocenters. The van der Waals surface area contributed by atoms with Crippen LogP contribution in [0.15, 0.2) is 42.1 Å². The van der Waals surface area contributed by atoms with Gasteiger partial charge in [0.2, 0.25) is 0 Å². The molecule has 0 spiro atoms. The highest BCUT2D eigenvalue weighted by Gasteiger charge is 2.41. The van der Waals surface area contributed by atoms with Gasteiger partial charge in [-0.25, -0.2) is 13.8 Å². The van der Waals surface area contributed by atoms with E-state index in [4.69, 9.17) is 32.7 Å². The van der Waals surface area contributed by atoms with Crippen molar-refractivity contribution in [2.24, 2.45) is 0 Å². The first kappa shape index (κ1) is 29.3. The Morgan fingerprint density at radius 3 is 2.50 bits per heavy atom. The minimum atomic E-state index is -0.653. The standard InChI is InChI=1S/C30H30Cl2F2N4O3S/c1-16-6-23(31)28(24(32)7-16)40-4-5-41-30-36-14-26(42-30)22-11-20-12-35-13-25(37-20)27(22)29(39)38(21-2-3-21)15-17-8-18(33)10-19(34)9-17/h6-10,14,20-21,25,35,37H,2-5,11-13,15H2,1H3. The lowest BCUT2D eigenvalue weighted by Crippen LogP contribution is -2.59. The van der Waals surface area contributed by atoms with Gasteiger partial charge in [-0.3, -0.25) is 4.79 Å². The minimum Gasteiger partial charge on any atom is -0.487 e. The van der Waals surface area contributed by atoms with Crippen LogP contribution in [0.3, 0.4) is 0 Å². The van der Waals surface area contributed by atoms with E-state index < -0.39 is 11.6 Å². The minimum absolute atomic E-state index is 0.0442. The number of hydrogen-bond donors (Lipinski definition) is 2. The number of fused-ring (bicyclic) bond motifs is 2.